The molecule has 0 aliphatic heterocycles. The molecule has 2 aromatic rings. The lowest BCUT2D eigenvalue weighted by Crippen LogP contribution is -2.12. The summed E-state index contributed by atoms with van der Waals surface area (Å²) >= 11 is 0. The zero-order valence-corrected chi connectivity index (χ0v) is 7.34. The second kappa shape index (κ2) is 3.06. The summed E-state index contributed by atoms with van der Waals surface area (Å²) in [6, 6.07) is 0. The van der Waals surface area contributed by atoms with Gasteiger partial charge in [0.1, 0.15) is 21.4 Å². The quantitative estimate of drug-likeness (QED) is 0.644. The van der Waals surface area contributed by atoms with Crippen molar-refractivity contribution in [3.8, 4) is 0 Å². The van der Waals surface area contributed by atoms with Crippen LogP contribution in [0.15, 0.2) is 43.3 Å². The van der Waals surface area contributed by atoms with Gasteiger partial charge in [-0.05, 0) is 0 Å². The molecule has 0 bridgehead atoms. The number of aromatic nitrogens is 2. The van der Waals surface area contributed by atoms with Crippen molar-refractivity contribution in [2.24, 2.45) is 0 Å². The lowest BCUT2D eigenvalue weighted by molar-refractivity contribution is 0.506. The SMILES string of the molecule is O=c1occn1Pn1ccoc1=O. The van der Waals surface area contributed by atoms with Crippen molar-refractivity contribution >= 4 is 8.88 Å². The van der Waals surface area contributed by atoms with E-state index in [4.69, 9.17) is 0 Å². The van der Waals surface area contributed by atoms with Gasteiger partial charge in [-0.1, -0.05) is 0 Å². The van der Waals surface area contributed by atoms with Gasteiger partial charge in [-0.3, -0.25) is 0 Å². The van der Waals surface area contributed by atoms with E-state index in [2.05, 4.69) is 8.83 Å². The fraction of sp³-hybridized carbons (Fsp3) is 0. The van der Waals surface area contributed by atoms with Gasteiger partial charge in [-0.25, -0.2) is 18.3 Å². The van der Waals surface area contributed by atoms with Crippen LogP contribution in [0.1, 0.15) is 0 Å². The van der Waals surface area contributed by atoms with E-state index in [0.717, 1.165) is 0 Å². The first-order chi connectivity index (χ1) is 6.27. The zero-order valence-electron chi connectivity index (χ0n) is 6.34. The molecular weight excluding hydrogens is 195 g/mol. The van der Waals surface area contributed by atoms with E-state index in [1.807, 2.05) is 0 Å². The van der Waals surface area contributed by atoms with E-state index < -0.39 is 11.5 Å². The molecular formula is C6H5N2O4P. The molecule has 2 heterocycles. The minimum Gasteiger partial charge on any atom is -0.416 e. The van der Waals surface area contributed by atoms with Gasteiger partial charge in [0.15, 0.2) is 0 Å². The van der Waals surface area contributed by atoms with Gasteiger partial charge in [0.05, 0.1) is 12.4 Å². The number of nitrogens with zero attached hydrogens (tertiary/aromatic N) is 2. The Balaban J connectivity index is 2.35. The first kappa shape index (κ1) is 8.07. The first-order valence-electron chi connectivity index (χ1n) is 3.37. The van der Waals surface area contributed by atoms with Crippen molar-refractivity contribution < 1.29 is 8.83 Å². The highest BCUT2D eigenvalue weighted by atomic mass is 31.1. The van der Waals surface area contributed by atoms with Crippen molar-refractivity contribution in [3.05, 3.63) is 46.0 Å². The monoisotopic (exact) mass is 200 g/mol. The molecule has 0 N–H and O–H groups in total. The van der Waals surface area contributed by atoms with E-state index in [9.17, 15) is 9.59 Å². The zero-order chi connectivity index (χ0) is 9.26. The molecule has 0 saturated heterocycles. The number of hydrogen-bond donors (Lipinski definition) is 0. The number of oxazole rings is 2. The molecule has 2 rings (SSSR count). The summed E-state index contributed by atoms with van der Waals surface area (Å²) in [5.41, 5.74) is 0. The van der Waals surface area contributed by atoms with Crippen LogP contribution in [0.4, 0.5) is 0 Å². The summed E-state index contributed by atoms with van der Waals surface area (Å²) in [5, 5.41) is 0. The molecule has 0 unspecified atom stereocenters. The van der Waals surface area contributed by atoms with Crippen molar-refractivity contribution in [3.63, 3.8) is 0 Å². The molecule has 0 saturated carbocycles. The van der Waals surface area contributed by atoms with E-state index in [1.165, 1.54) is 33.6 Å². The van der Waals surface area contributed by atoms with E-state index in [1.54, 1.807) is 0 Å². The molecule has 13 heavy (non-hydrogen) atoms. The maximum absolute atomic E-state index is 10.9. The van der Waals surface area contributed by atoms with E-state index >= 15 is 0 Å². The van der Waals surface area contributed by atoms with Crippen LogP contribution in [0.25, 0.3) is 0 Å². The molecule has 2 aromatic heterocycles. The minimum atomic E-state index is -0.494. The van der Waals surface area contributed by atoms with E-state index in [-0.39, 0.29) is 8.88 Å². The Morgan fingerprint density at radius 1 is 1.00 bits per heavy atom. The van der Waals surface area contributed by atoms with Gasteiger partial charge in [0.25, 0.3) is 0 Å². The fourth-order valence-corrected chi connectivity index (χ4v) is 1.55. The predicted octanol–water partition coefficient (Wildman–Crippen LogP) is 0.101. The average Bonchev–Trinajstić information content (AvgIpc) is 2.65. The standard InChI is InChI=1S/C6H5N2O4P/c9-5-7(1-3-11-5)13-8-2-4-12-6(8)10/h1-4,13H. The van der Waals surface area contributed by atoms with Crippen molar-refractivity contribution in [2.45, 2.75) is 0 Å². The highest BCUT2D eigenvalue weighted by Gasteiger charge is 2.02. The highest BCUT2D eigenvalue weighted by Crippen LogP contribution is 2.11. The van der Waals surface area contributed by atoms with Gasteiger partial charge >= 0.3 is 11.5 Å². The van der Waals surface area contributed by atoms with Crippen LogP contribution in [0.2, 0.25) is 0 Å². The van der Waals surface area contributed by atoms with Gasteiger partial charge in [0, 0.05) is 0 Å². The smallest absolute Gasteiger partial charge is 0.416 e. The molecule has 6 nitrogen and oxygen atoms in total. The molecule has 0 atom stereocenters. The van der Waals surface area contributed by atoms with Crippen LogP contribution in [0.5, 0.6) is 0 Å². The molecule has 0 spiro atoms. The van der Waals surface area contributed by atoms with Crippen molar-refractivity contribution in [1.29, 1.82) is 0 Å². The Hall–Kier alpha value is -1.55. The summed E-state index contributed by atoms with van der Waals surface area (Å²) < 4.78 is 11.6. The minimum absolute atomic E-state index is 0.156. The molecule has 0 fully saturated rings. The maximum Gasteiger partial charge on any atom is 0.423 e. The summed E-state index contributed by atoms with van der Waals surface area (Å²) in [6.07, 6.45) is 5.45. The Kier molecular flexibility index (Phi) is 1.90. The normalized spacial score (nSPS) is 10.5. The lowest BCUT2D eigenvalue weighted by Gasteiger charge is -1.96. The van der Waals surface area contributed by atoms with Gasteiger partial charge in [0.2, 0.25) is 0 Å². The Bertz CT molecular complexity index is 458. The third-order valence-electron chi connectivity index (χ3n) is 1.37. The topological polar surface area (TPSA) is 70.3 Å². The van der Waals surface area contributed by atoms with Crippen LogP contribution in [-0.4, -0.2) is 8.68 Å². The van der Waals surface area contributed by atoms with Crippen LogP contribution in [-0.2, 0) is 0 Å². The summed E-state index contributed by atoms with van der Waals surface area (Å²) in [4.78, 5) is 21.8. The largest absolute Gasteiger partial charge is 0.423 e. The molecule has 7 heteroatoms. The van der Waals surface area contributed by atoms with Gasteiger partial charge < -0.3 is 8.83 Å². The van der Waals surface area contributed by atoms with Gasteiger partial charge in [-0.2, -0.15) is 0 Å². The van der Waals surface area contributed by atoms with Crippen LogP contribution >= 0.6 is 8.88 Å². The first-order valence-corrected chi connectivity index (χ1v) is 4.26. The Morgan fingerprint density at radius 2 is 1.46 bits per heavy atom. The van der Waals surface area contributed by atoms with Crippen molar-refractivity contribution in [1.82, 2.24) is 8.68 Å². The predicted molar refractivity (Wildman–Crippen MR) is 45.0 cm³/mol. The van der Waals surface area contributed by atoms with Crippen LogP contribution in [0.3, 0.4) is 0 Å². The highest BCUT2D eigenvalue weighted by molar-refractivity contribution is 7.34. The summed E-state index contributed by atoms with van der Waals surface area (Å²) in [7, 11) is -0.156. The molecule has 0 aromatic carbocycles. The van der Waals surface area contributed by atoms with Crippen LogP contribution in [0, 0.1) is 0 Å². The molecule has 0 aliphatic rings. The molecule has 68 valence electrons. The fourth-order valence-electron chi connectivity index (χ4n) is 0.799. The number of rotatable bonds is 2. The third kappa shape index (κ3) is 1.48. The second-order valence-corrected chi connectivity index (χ2v) is 3.34. The third-order valence-corrected chi connectivity index (χ3v) is 2.46. The molecule has 0 aliphatic carbocycles. The van der Waals surface area contributed by atoms with E-state index in [0.29, 0.717) is 0 Å². The average molecular weight is 200 g/mol. The maximum atomic E-state index is 10.9. The molecule has 0 radical (unpaired) electrons. The number of hydrogen-bond acceptors (Lipinski definition) is 4. The van der Waals surface area contributed by atoms with Crippen LogP contribution < -0.4 is 11.5 Å². The summed E-state index contributed by atoms with van der Waals surface area (Å²) in [5.74, 6) is -0.988. The Labute approximate surface area is 73.3 Å². The molecule has 0 amide bonds. The second-order valence-electron chi connectivity index (χ2n) is 2.18. The summed E-state index contributed by atoms with van der Waals surface area (Å²) in [6.45, 7) is 0. The van der Waals surface area contributed by atoms with Gasteiger partial charge in [-0.15, -0.1) is 0 Å². The van der Waals surface area contributed by atoms with Crippen molar-refractivity contribution in [2.75, 3.05) is 0 Å². The Morgan fingerprint density at radius 3 is 1.77 bits per heavy atom. The lowest BCUT2D eigenvalue weighted by atomic mass is 11.0.